The average molecular weight is 485 g/mol. The standard InChI is InChI=1S/C19H18Cl2F3O5P/c1-3-27-30(28-4-2)11-26-18(25)12-6-5-7-14(8-12)29-17-15(20)9-13(10-16(17)21)19(22,23)24/h5-10H,3-4,11H2,1-2H3. The Kier molecular flexibility index (Phi) is 9.19. The van der Waals surface area contributed by atoms with Gasteiger partial charge in [-0.05, 0) is 44.2 Å². The van der Waals surface area contributed by atoms with Gasteiger partial charge in [-0.2, -0.15) is 13.2 Å². The van der Waals surface area contributed by atoms with Gasteiger partial charge in [0.25, 0.3) is 0 Å². The van der Waals surface area contributed by atoms with Crippen molar-refractivity contribution in [1.82, 2.24) is 0 Å². The maximum absolute atomic E-state index is 12.8. The van der Waals surface area contributed by atoms with Crippen LogP contribution in [-0.4, -0.2) is 25.5 Å². The fourth-order valence-corrected chi connectivity index (χ4v) is 3.81. The molecule has 5 nitrogen and oxygen atoms in total. The van der Waals surface area contributed by atoms with Gasteiger partial charge in [0.05, 0.1) is 34.4 Å². The van der Waals surface area contributed by atoms with Gasteiger partial charge in [0, 0.05) is 0 Å². The summed E-state index contributed by atoms with van der Waals surface area (Å²) < 4.78 is 60.0. The Hall–Kier alpha value is -1.57. The lowest BCUT2D eigenvalue weighted by atomic mass is 10.2. The Morgan fingerprint density at radius 1 is 1.03 bits per heavy atom. The smallest absolute Gasteiger partial charge is 0.416 e. The number of esters is 1. The van der Waals surface area contributed by atoms with Crippen LogP contribution >= 0.6 is 31.6 Å². The number of alkyl halides is 3. The molecule has 0 aromatic heterocycles. The summed E-state index contributed by atoms with van der Waals surface area (Å²) in [4.78, 5) is 12.3. The minimum absolute atomic E-state index is 0.0442. The van der Waals surface area contributed by atoms with E-state index in [1.807, 2.05) is 0 Å². The van der Waals surface area contributed by atoms with E-state index in [-0.39, 0.29) is 33.5 Å². The van der Waals surface area contributed by atoms with Crippen molar-refractivity contribution in [3.8, 4) is 11.5 Å². The molecule has 11 heteroatoms. The van der Waals surface area contributed by atoms with E-state index in [1.54, 1.807) is 13.8 Å². The van der Waals surface area contributed by atoms with Crippen LogP contribution < -0.4 is 4.74 Å². The van der Waals surface area contributed by atoms with Crippen LogP contribution in [0.15, 0.2) is 36.4 Å². The van der Waals surface area contributed by atoms with Gasteiger partial charge < -0.3 is 18.5 Å². The highest BCUT2D eigenvalue weighted by Crippen LogP contribution is 2.42. The molecule has 0 atom stereocenters. The molecule has 0 saturated heterocycles. The van der Waals surface area contributed by atoms with Gasteiger partial charge in [0.15, 0.2) is 12.1 Å². The molecule has 2 aromatic rings. The molecule has 0 heterocycles. The molecule has 0 unspecified atom stereocenters. The number of carbonyl (C=O) groups excluding carboxylic acids is 1. The molecule has 0 aliphatic rings. The predicted octanol–water partition coefficient (Wildman–Crippen LogP) is 7.30. The number of halogens is 5. The van der Waals surface area contributed by atoms with E-state index < -0.39 is 26.1 Å². The summed E-state index contributed by atoms with van der Waals surface area (Å²) in [7, 11) is -1.35. The first-order valence-electron chi connectivity index (χ1n) is 8.70. The van der Waals surface area contributed by atoms with Gasteiger partial charge in [-0.1, -0.05) is 29.3 Å². The first-order valence-corrected chi connectivity index (χ1v) is 10.8. The lowest BCUT2D eigenvalue weighted by Gasteiger charge is -2.16. The molecular formula is C19H18Cl2F3O5P. The number of carbonyl (C=O) groups is 1. The molecule has 164 valence electrons. The van der Waals surface area contributed by atoms with E-state index >= 15 is 0 Å². The van der Waals surface area contributed by atoms with Crippen LogP contribution in [0, 0.1) is 0 Å². The van der Waals surface area contributed by atoms with E-state index in [4.69, 9.17) is 41.7 Å². The highest BCUT2D eigenvalue weighted by Gasteiger charge is 2.32. The second-order valence-electron chi connectivity index (χ2n) is 5.63. The molecule has 2 rings (SSSR count). The Morgan fingerprint density at radius 2 is 1.63 bits per heavy atom. The van der Waals surface area contributed by atoms with Crippen molar-refractivity contribution in [2.45, 2.75) is 20.0 Å². The second kappa shape index (κ2) is 11.2. The predicted molar refractivity (Wildman–Crippen MR) is 108 cm³/mol. The molecule has 0 saturated carbocycles. The number of ether oxygens (including phenoxy) is 2. The van der Waals surface area contributed by atoms with Crippen LogP contribution in [0.1, 0.15) is 29.8 Å². The van der Waals surface area contributed by atoms with Crippen molar-refractivity contribution in [3.63, 3.8) is 0 Å². The summed E-state index contributed by atoms with van der Waals surface area (Å²) in [6.45, 7) is 4.44. The number of hydrogen-bond acceptors (Lipinski definition) is 5. The maximum Gasteiger partial charge on any atom is 0.416 e. The summed E-state index contributed by atoms with van der Waals surface area (Å²) >= 11 is 11.8. The van der Waals surface area contributed by atoms with Gasteiger partial charge in [-0.15, -0.1) is 0 Å². The SMILES string of the molecule is CCOP(COC(=O)c1cccc(Oc2c(Cl)cc(C(F)(F)F)cc2Cl)c1)OCC. The molecule has 0 aliphatic carbocycles. The molecule has 0 bridgehead atoms. The van der Waals surface area contributed by atoms with Crippen molar-refractivity contribution in [2.75, 3.05) is 19.6 Å². The number of rotatable bonds is 9. The maximum atomic E-state index is 12.8. The lowest BCUT2D eigenvalue weighted by Crippen LogP contribution is -2.08. The van der Waals surface area contributed by atoms with Crippen molar-refractivity contribution < 1.29 is 36.5 Å². The summed E-state index contributed by atoms with van der Waals surface area (Å²) in [5.41, 5.74) is -0.836. The summed E-state index contributed by atoms with van der Waals surface area (Å²) in [5.74, 6) is -0.657. The molecule has 0 N–H and O–H groups in total. The van der Waals surface area contributed by atoms with Crippen LogP contribution in [0.5, 0.6) is 11.5 Å². The topological polar surface area (TPSA) is 54.0 Å². The fourth-order valence-electron chi connectivity index (χ4n) is 2.22. The molecule has 0 fully saturated rings. The van der Waals surface area contributed by atoms with E-state index in [1.165, 1.54) is 24.3 Å². The van der Waals surface area contributed by atoms with Crippen LogP contribution in [-0.2, 0) is 20.0 Å². The van der Waals surface area contributed by atoms with Crippen LogP contribution in [0.3, 0.4) is 0 Å². The molecular weight excluding hydrogens is 467 g/mol. The largest absolute Gasteiger partial charge is 0.454 e. The molecule has 0 aliphatic heterocycles. The number of benzene rings is 2. The van der Waals surface area contributed by atoms with Crippen LogP contribution in [0.25, 0.3) is 0 Å². The molecule has 0 radical (unpaired) electrons. The highest BCUT2D eigenvalue weighted by atomic mass is 35.5. The third kappa shape index (κ3) is 7.00. The average Bonchev–Trinajstić information content (AvgIpc) is 2.68. The Bertz CT molecular complexity index is 850. The van der Waals surface area contributed by atoms with Crippen molar-refractivity contribution in [2.24, 2.45) is 0 Å². The van der Waals surface area contributed by atoms with E-state index in [2.05, 4.69) is 0 Å². The Labute approximate surface area is 182 Å². The van der Waals surface area contributed by atoms with Crippen molar-refractivity contribution in [1.29, 1.82) is 0 Å². The van der Waals surface area contributed by atoms with Gasteiger partial charge in [0.1, 0.15) is 5.75 Å². The lowest BCUT2D eigenvalue weighted by molar-refractivity contribution is -0.137. The second-order valence-corrected chi connectivity index (χ2v) is 7.88. The van der Waals surface area contributed by atoms with Gasteiger partial charge >= 0.3 is 12.1 Å². The van der Waals surface area contributed by atoms with E-state index in [0.29, 0.717) is 25.3 Å². The fraction of sp³-hybridized carbons (Fsp3) is 0.316. The number of hydrogen-bond donors (Lipinski definition) is 0. The van der Waals surface area contributed by atoms with E-state index in [0.717, 1.165) is 0 Å². The first-order chi connectivity index (χ1) is 14.2. The summed E-state index contributed by atoms with van der Waals surface area (Å²) in [6, 6.07) is 7.29. The summed E-state index contributed by atoms with van der Waals surface area (Å²) in [5, 5.41) is -0.635. The van der Waals surface area contributed by atoms with Gasteiger partial charge in [0.2, 0.25) is 8.38 Å². The molecule has 0 spiro atoms. The van der Waals surface area contributed by atoms with E-state index in [9.17, 15) is 18.0 Å². The van der Waals surface area contributed by atoms with Crippen molar-refractivity contribution in [3.05, 3.63) is 57.6 Å². The molecule has 30 heavy (non-hydrogen) atoms. The first kappa shape index (κ1) is 24.7. The van der Waals surface area contributed by atoms with Gasteiger partial charge in [-0.25, -0.2) is 4.79 Å². The quantitative estimate of drug-likeness (QED) is 0.276. The zero-order chi connectivity index (χ0) is 22.3. The summed E-state index contributed by atoms with van der Waals surface area (Å²) in [6.07, 6.45) is -4.64. The monoisotopic (exact) mass is 484 g/mol. The minimum Gasteiger partial charge on any atom is -0.454 e. The highest BCUT2D eigenvalue weighted by molar-refractivity contribution is 7.47. The Morgan fingerprint density at radius 3 is 2.17 bits per heavy atom. The normalized spacial score (nSPS) is 11.6. The van der Waals surface area contributed by atoms with Crippen molar-refractivity contribution >= 4 is 37.5 Å². The third-order valence-corrected chi connectivity index (χ3v) is 5.46. The third-order valence-electron chi connectivity index (χ3n) is 3.46. The van der Waals surface area contributed by atoms with Crippen LogP contribution in [0.4, 0.5) is 13.2 Å². The molecule has 2 aromatic carbocycles. The zero-order valence-corrected chi connectivity index (χ0v) is 18.4. The zero-order valence-electron chi connectivity index (χ0n) is 16.0. The minimum atomic E-state index is -4.60. The van der Waals surface area contributed by atoms with Gasteiger partial charge in [-0.3, -0.25) is 0 Å². The Balaban J connectivity index is 2.13. The van der Waals surface area contributed by atoms with Crippen LogP contribution in [0.2, 0.25) is 10.0 Å². The molecule has 0 amide bonds.